The molecule has 4 rings (SSSR count). The van der Waals surface area contributed by atoms with Crippen LogP contribution in [0.25, 0.3) is 0 Å². The number of nitrogens with two attached hydrogens (primary N) is 1. The number of hydrogen-bond acceptors (Lipinski definition) is 2. The van der Waals surface area contributed by atoms with Crippen LogP contribution >= 0.6 is 0 Å². The van der Waals surface area contributed by atoms with Crippen molar-refractivity contribution in [1.29, 1.82) is 0 Å². The van der Waals surface area contributed by atoms with E-state index in [4.69, 9.17) is 5.73 Å². The summed E-state index contributed by atoms with van der Waals surface area (Å²) in [4.78, 5) is 0. The molecule has 3 N–H and O–H groups in total. The molecule has 0 saturated heterocycles. The van der Waals surface area contributed by atoms with Crippen LogP contribution < -0.4 is 5.73 Å². The van der Waals surface area contributed by atoms with Gasteiger partial charge in [-0.05, 0) is 62.7 Å². The van der Waals surface area contributed by atoms with E-state index in [-0.39, 0.29) is 17.6 Å². The van der Waals surface area contributed by atoms with Crippen molar-refractivity contribution in [1.82, 2.24) is 0 Å². The van der Waals surface area contributed by atoms with Crippen molar-refractivity contribution in [3.63, 3.8) is 0 Å². The van der Waals surface area contributed by atoms with Crippen LogP contribution in [0, 0.1) is 16.7 Å². The summed E-state index contributed by atoms with van der Waals surface area (Å²) in [6.45, 7) is 4.80. The Morgan fingerprint density at radius 3 is 2.62 bits per heavy atom. The van der Waals surface area contributed by atoms with Crippen LogP contribution in [-0.4, -0.2) is 17.3 Å². The molecular formula is C19H29NO. The van der Waals surface area contributed by atoms with Crippen molar-refractivity contribution in [3.05, 3.63) is 22.8 Å². The van der Waals surface area contributed by atoms with Crippen LogP contribution in [0.1, 0.15) is 65.2 Å². The molecular weight excluding hydrogens is 258 g/mol. The van der Waals surface area contributed by atoms with E-state index in [1.54, 1.807) is 16.7 Å². The second kappa shape index (κ2) is 4.45. The van der Waals surface area contributed by atoms with Gasteiger partial charge in [0.1, 0.15) is 0 Å². The molecule has 0 heterocycles. The summed E-state index contributed by atoms with van der Waals surface area (Å²) in [5, 5.41) is 10.4. The van der Waals surface area contributed by atoms with Gasteiger partial charge < -0.3 is 10.8 Å². The van der Waals surface area contributed by atoms with Crippen LogP contribution in [0.5, 0.6) is 0 Å². The highest BCUT2D eigenvalue weighted by Crippen LogP contribution is 2.62. The van der Waals surface area contributed by atoms with E-state index in [9.17, 15) is 5.11 Å². The van der Waals surface area contributed by atoms with E-state index in [1.807, 2.05) is 0 Å². The largest absolute Gasteiger partial charge is 0.392 e. The fourth-order valence-corrected chi connectivity index (χ4v) is 5.98. The Hall–Kier alpha value is -0.600. The van der Waals surface area contributed by atoms with Gasteiger partial charge in [0.15, 0.2) is 0 Å². The van der Waals surface area contributed by atoms with Crippen LogP contribution in [0.15, 0.2) is 22.8 Å². The Labute approximate surface area is 128 Å². The lowest BCUT2D eigenvalue weighted by atomic mass is 9.52. The Balaban J connectivity index is 1.78. The number of fused-ring (bicyclic) bond motifs is 4. The Kier molecular flexibility index (Phi) is 2.97. The minimum atomic E-state index is -0.106. The fourth-order valence-electron chi connectivity index (χ4n) is 5.98. The zero-order valence-corrected chi connectivity index (χ0v) is 13.5. The van der Waals surface area contributed by atoms with Gasteiger partial charge in [0.2, 0.25) is 0 Å². The number of rotatable bonds is 0. The van der Waals surface area contributed by atoms with Crippen molar-refractivity contribution in [2.45, 2.75) is 77.4 Å². The number of aliphatic hydroxyl groups is 1. The molecule has 5 atom stereocenters. The maximum absolute atomic E-state index is 10.4. The highest BCUT2D eigenvalue weighted by atomic mass is 16.3. The van der Waals surface area contributed by atoms with E-state index in [1.165, 1.54) is 32.1 Å². The van der Waals surface area contributed by atoms with E-state index >= 15 is 0 Å². The average molecular weight is 287 g/mol. The molecule has 2 nitrogen and oxygen atoms in total. The third kappa shape index (κ3) is 1.78. The molecule has 0 aromatic carbocycles. The molecule has 2 heteroatoms. The Morgan fingerprint density at radius 2 is 1.81 bits per heavy atom. The van der Waals surface area contributed by atoms with Gasteiger partial charge in [-0.2, -0.15) is 0 Å². The highest BCUT2D eigenvalue weighted by Gasteiger charge is 2.52. The molecule has 0 radical (unpaired) electrons. The lowest BCUT2D eigenvalue weighted by molar-refractivity contribution is 0.0553. The number of allylic oxidation sites excluding steroid dienone is 2. The second-order valence-electron chi connectivity index (χ2n) is 8.38. The molecule has 0 amide bonds. The second-order valence-corrected chi connectivity index (χ2v) is 8.38. The molecule has 2 fully saturated rings. The summed E-state index contributed by atoms with van der Waals surface area (Å²) in [5.41, 5.74) is 11.6. The molecule has 0 spiro atoms. The van der Waals surface area contributed by atoms with E-state index in [2.05, 4.69) is 19.9 Å². The van der Waals surface area contributed by atoms with Gasteiger partial charge in [-0.3, -0.25) is 0 Å². The maximum atomic E-state index is 10.4. The van der Waals surface area contributed by atoms with Gasteiger partial charge in [-0.1, -0.05) is 36.6 Å². The number of aliphatic hydroxyl groups excluding tert-OH is 1. The standard InChI is InChI=1S/C19H29NO/c1-18-9-7-13(20)11-12(18)3-4-14-15-5-6-17(21)19(15,2)10-8-16(14)18/h11,13,16-17,21H,3-10,20H2,1-2H3/t13-,16-,17-,18-,19-/m0/s1. The Morgan fingerprint density at radius 1 is 1.05 bits per heavy atom. The van der Waals surface area contributed by atoms with Crippen molar-refractivity contribution < 1.29 is 5.11 Å². The molecule has 116 valence electrons. The van der Waals surface area contributed by atoms with Crippen molar-refractivity contribution in [3.8, 4) is 0 Å². The summed E-state index contributed by atoms with van der Waals surface area (Å²) in [6.07, 6.45) is 11.6. The molecule has 4 aliphatic carbocycles. The lowest BCUT2D eigenvalue weighted by Crippen LogP contribution is -2.44. The first-order valence-electron chi connectivity index (χ1n) is 8.82. The van der Waals surface area contributed by atoms with Gasteiger partial charge in [0.05, 0.1) is 6.10 Å². The molecule has 4 aliphatic rings. The van der Waals surface area contributed by atoms with Gasteiger partial charge in [-0.25, -0.2) is 0 Å². The smallest absolute Gasteiger partial charge is 0.0634 e. The monoisotopic (exact) mass is 287 g/mol. The minimum Gasteiger partial charge on any atom is -0.392 e. The quantitative estimate of drug-likeness (QED) is 0.667. The molecule has 0 unspecified atom stereocenters. The normalized spacial score (nSPS) is 49.3. The van der Waals surface area contributed by atoms with E-state index in [0.717, 1.165) is 25.2 Å². The maximum Gasteiger partial charge on any atom is 0.0634 e. The zero-order valence-electron chi connectivity index (χ0n) is 13.5. The first kappa shape index (κ1) is 14.0. The van der Waals surface area contributed by atoms with E-state index in [0.29, 0.717) is 5.41 Å². The van der Waals surface area contributed by atoms with Crippen molar-refractivity contribution in [2.24, 2.45) is 22.5 Å². The van der Waals surface area contributed by atoms with Crippen LogP contribution in [-0.2, 0) is 0 Å². The molecule has 0 aromatic heterocycles. The zero-order chi connectivity index (χ0) is 14.8. The Bertz CT molecular complexity index is 534. The van der Waals surface area contributed by atoms with Crippen LogP contribution in [0.4, 0.5) is 0 Å². The summed E-state index contributed by atoms with van der Waals surface area (Å²) in [7, 11) is 0. The van der Waals surface area contributed by atoms with Crippen LogP contribution in [0.2, 0.25) is 0 Å². The fraction of sp³-hybridized carbons (Fsp3) is 0.789. The van der Waals surface area contributed by atoms with Crippen molar-refractivity contribution in [2.75, 3.05) is 0 Å². The molecule has 0 aromatic rings. The average Bonchev–Trinajstić information content (AvgIpc) is 2.76. The van der Waals surface area contributed by atoms with Gasteiger partial charge in [0.25, 0.3) is 0 Å². The lowest BCUT2D eigenvalue weighted by Gasteiger charge is -2.53. The van der Waals surface area contributed by atoms with Gasteiger partial charge in [-0.15, -0.1) is 0 Å². The predicted molar refractivity (Wildman–Crippen MR) is 85.7 cm³/mol. The molecule has 21 heavy (non-hydrogen) atoms. The molecule has 0 aliphatic heterocycles. The first-order valence-corrected chi connectivity index (χ1v) is 8.82. The van der Waals surface area contributed by atoms with Gasteiger partial charge >= 0.3 is 0 Å². The highest BCUT2D eigenvalue weighted by molar-refractivity contribution is 5.39. The summed E-state index contributed by atoms with van der Waals surface area (Å²) in [6, 6.07) is 0.282. The third-order valence-corrected chi connectivity index (χ3v) is 7.43. The summed E-state index contributed by atoms with van der Waals surface area (Å²) >= 11 is 0. The van der Waals surface area contributed by atoms with Crippen molar-refractivity contribution >= 4 is 0 Å². The van der Waals surface area contributed by atoms with Crippen LogP contribution in [0.3, 0.4) is 0 Å². The molecule has 2 saturated carbocycles. The number of hydrogen-bond donors (Lipinski definition) is 2. The SMILES string of the molecule is C[C@]12CC[C@H]3C(=C1CC[C@@H]2O)CCC1=C[C@@H](N)CC[C@@]13C. The topological polar surface area (TPSA) is 46.2 Å². The third-order valence-electron chi connectivity index (χ3n) is 7.43. The summed E-state index contributed by atoms with van der Waals surface area (Å²) < 4.78 is 0. The minimum absolute atomic E-state index is 0.0917. The molecule has 0 bridgehead atoms. The van der Waals surface area contributed by atoms with Gasteiger partial charge in [0, 0.05) is 11.5 Å². The first-order chi connectivity index (χ1) is 9.95. The van der Waals surface area contributed by atoms with E-state index < -0.39 is 0 Å². The summed E-state index contributed by atoms with van der Waals surface area (Å²) in [5.74, 6) is 0.721. The predicted octanol–water partition coefficient (Wildman–Crippen LogP) is 3.70.